The van der Waals surface area contributed by atoms with Gasteiger partial charge in [-0.05, 0) is 10.4 Å². The van der Waals surface area contributed by atoms with Crippen LogP contribution in [0.2, 0.25) is 0 Å². The molecule has 1 unspecified atom stereocenters. The molecule has 1 rings (SSSR count). The largest absolute Gasteiger partial charge is 0.481 e. The predicted octanol–water partition coefficient (Wildman–Crippen LogP) is 0.658. The number of alkyl halides is 3. The number of aryl methyl sites for hydroxylation is 1. The quantitative estimate of drug-likeness (QED) is 0.790. The smallest absolute Gasteiger partial charge is 0.389 e. The number of halogens is 3. The third-order valence-corrected chi connectivity index (χ3v) is 2.35. The summed E-state index contributed by atoms with van der Waals surface area (Å²) in [5.41, 5.74) is 0. The van der Waals surface area contributed by atoms with E-state index in [-0.39, 0.29) is 25.2 Å². The van der Waals surface area contributed by atoms with Crippen molar-refractivity contribution >= 4 is 5.97 Å². The van der Waals surface area contributed by atoms with Crippen LogP contribution in [0.5, 0.6) is 0 Å². The van der Waals surface area contributed by atoms with Crippen molar-refractivity contribution in [2.45, 2.75) is 38.1 Å². The summed E-state index contributed by atoms with van der Waals surface area (Å²) in [4.78, 5) is 10.5. The second kappa shape index (κ2) is 6.45. The summed E-state index contributed by atoms with van der Waals surface area (Å²) in [7, 11) is 1.31. The Morgan fingerprint density at radius 3 is 2.74 bits per heavy atom. The van der Waals surface area contributed by atoms with Gasteiger partial charge in [0, 0.05) is 13.5 Å². The highest BCUT2D eigenvalue weighted by Gasteiger charge is 2.28. The zero-order valence-corrected chi connectivity index (χ0v) is 10.1. The number of nitrogens with zero attached hydrogens (tertiary/aromatic N) is 4. The lowest BCUT2D eigenvalue weighted by atomic mass is 10.2. The van der Waals surface area contributed by atoms with E-state index < -0.39 is 24.7 Å². The van der Waals surface area contributed by atoms with Gasteiger partial charge in [-0.25, -0.2) is 4.68 Å². The fraction of sp³-hybridized carbons (Fsp3) is 0.778. The van der Waals surface area contributed by atoms with Crippen LogP contribution in [0.25, 0.3) is 0 Å². The van der Waals surface area contributed by atoms with E-state index in [0.717, 1.165) is 4.68 Å². The topological polar surface area (TPSA) is 90.1 Å². The molecule has 7 nitrogen and oxygen atoms in total. The number of hydrogen-bond donors (Lipinski definition) is 1. The Morgan fingerprint density at radius 1 is 1.53 bits per heavy atom. The van der Waals surface area contributed by atoms with E-state index in [9.17, 15) is 18.0 Å². The molecule has 0 aliphatic carbocycles. The van der Waals surface area contributed by atoms with Crippen molar-refractivity contribution in [2.75, 3.05) is 7.11 Å². The molecule has 1 aromatic heterocycles. The van der Waals surface area contributed by atoms with Crippen LogP contribution in [0.4, 0.5) is 13.2 Å². The number of hydrogen-bond acceptors (Lipinski definition) is 5. The molecule has 0 spiro atoms. The SMILES string of the molecule is COC(CC(=O)O)Cn1nnnc1CCC(F)(F)F. The second-order valence-corrected chi connectivity index (χ2v) is 3.85. The van der Waals surface area contributed by atoms with Gasteiger partial charge in [0.1, 0.15) is 0 Å². The van der Waals surface area contributed by atoms with Crippen LogP contribution < -0.4 is 0 Å². The molecule has 0 saturated heterocycles. The number of carboxylic acids is 1. The van der Waals surface area contributed by atoms with Gasteiger partial charge in [-0.1, -0.05) is 0 Å². The minimum atomic E-state index is -4.29. The predicted molar refractivity (Wildman–Crippen MR) is 55.2 cm³/mol. The molecule has 1 atom stereocenters. The number of carbonyl (C=O) groups is 1. The third-order valence-electron chi connectivity index (χ3n) is 2.35. The average Bonchev–Trinajstić information content (AvgIpc) is 2.71. The molecule has 0 saturated carbocycles. The number of carboxylic acid groups (broad SMARTS) is 1. The maximum absolute atomic E-state index is 12.1. The van der Waals surface area contributed by atoms with Crippen LogP contribution in [0.15, 0.2) is 0 Å². The molecule has 10 heteroatoms. The summed E-state index contributed by atoms with van der Waals surface area (Å²) in [6.45, 7) is -0.0109. The van der Waals surface area contributed by atoms with Crippen molar-refractivity contribution in [3.8, 4) is 0 Å². The van der Waals surface area contributed by atoms with E-state index in [0.29, 0.717) is 0 Å². The summed E-state index contributed by atoms with van der Waals surface area (Å²) in [6, 6.07) is 0. The lowest BCUT2D eigenvalue weighted by Crippen LogP contribution is -2.24. The van der Waals surface area contributed by atoms with E-state index in [1.54, 1.807) is 0 Å². The number of ether oxygens (including phenoxy) is 1. The maximum atomic E-state index is 12.1. The first-order valence-corrected chi connectivity index (χ1v) is 5.38. The van der Waals surface area contributed by atoms with Crippen molar-refractivity contribution in [1.82, 2.24) is 20.2 Å². The number of aromatic nitrogens is 4. The summed E-state index contributed by atoms with van der Waals surface area (Å²) in [6.07, 6.45) is -6.68. The van der Waals surface area contributed by atoms with Crippen LogP contribution in [-0.4, -0.2) is 50.7 Å². The molecule has 0 aromatic carbocycles. The second-order valence-electron chi connectivity index (χ2n) is 3.85. The van der Waals surface area contributed by atoms with Crippen molar-refractivity contribution in [3.05, 3.63) is 5.82 Å². The average molecular weight is 282 g/mol. The highest BCUT2D eigenvalue weighted by Crippen LogP contribution is 2.21. The molecular weight excluding hydrogens is 269 g/mol. The summed E-state index contributed by atoms with van der Waals surface area (Å²) in [5.74, 6) is -1.03. The first kappa shape index (κ1) is 15.3. The minimum Gasteiger partial charge on any atom is -0.481 e. The fourth-order valence-electron chi connectivity index (χ4n) is 1.41. The Hall–Kier alpha value is -1.71. The number of aliphatic carboxylic acids is 1. The van der Waals surface area contributed by atoms with Gasteiger partial charge in [-0.15, -0.1) is 5.10 Å². The van der Waals surface area contributed by atoms with Gasteiger partial charge in [0.2, 0.25) is 0 Å². The van der Waals surface area contributed by atoms with Crippen LogP contribution in [0, 0.1) is 0 Å². The fourth-order valence-corrected chi connectivity index (χ4v) is 1.41. The summed E-state index contributed by atoms with van der Waals surface area (Å²) in [5, 5.41) is 18.9. The van der Waals surface area contributed by atoms with E-state index in [2.05, 4.69) is 15.5 Å². The monoisotopic (exact) mass is 282 g/mol. The van der Waals surface area contributed by atoms with Crippen molar-refractivity contribution in [3.63, 3.8) is 0 Å². The number of rotatable bonds is 7. The molecule has 108 valence electrons. The number of methoxy groups -OCH3 is 1. The summed E-state index contributed by atoms with van der Waals surface area (Å²) >= 11 is 0. The molecule has 0 fully saturated rings. The van der Waals surface area contributed by atoms with Gasteiger partial charge >= 0.3 is 12.1 Å². The minimum absolute atomic E-state index is 0.0109. The summed E-state index contributed by atoms with van der Waals surface area (Å²) < 4.78 is 42.3. The molecule has 0 bridgehead atoms. The van der Waals surface area contributed by atoms with Crippen LogP contribution in [0.1, 0.15) is 18.7 Å². The van der Waals surface area contributed by atoms with Gasteiger partial charge < -0.3 is 9.84 Å². The van der Waals surface area contributed by atoms with Gasteiger partial charge in [-0.2, -0.15) is 13.2 Å². The molecule has 1 aromatic rings. The Labute approximate surface area is 106 Å². The Bertz CT molecular complexity index is 421. The third kappa shape index (κ3) is 5.64. The van der Waals surface area contributed by atoms with E-state index in [1.807, 2.05) is 0 Å². The van der Waals surface area contributed by atoms with Crippen molar-refractivity contribution in [1.29, 1.82) is 0 Å². The molecule has 1 N–H and O–H groups in total. The normalized spacial score (nSPS) is 13.5. The van der Waals surface area contributed by atoms with E-state index in [4.69, 9.17) is 9.84 Å². The Balaban J connectivity index is 2.63. The Kier molecular flexibility index (Phi) is 5.21. The van der Waals surface area contributed by atoms with Crippen LogP contribution >= 0.6 is 0 Å². The van der Waals surface area contributed by atoms with Crippen molar-refractivity contribution < 1.29 is 27.8 Å². The zero-order valence-electron chi connectivity index (χ0n) is 10.1. The van der Waals surface area contributed by atoms with Gasteiger partial charge in [0.05, 0.1) is 25.5 Å². The molecule has 0 aliphatic rings. The van der Waals surface area contributed by atoms with Gasteiger partial charge in [0.15, 0.2) is 5.82 Å². The van der Waals surface area contributed by atoms with Crippen LogP contribution in [-0.2, 0) is 22.5 Å². The van der Waals surface area contributed by atoms with Crippen LogP contribution in [0.3, 0.4) is 0 Å². The molecule has 0 aliphatic heterocycles. The molecule has 1 heterocycles. The van der Waals surface area contributed by atoms with Crippen molar-refractivity contribution in [2.24, 2.45) is 0 Å². The standard InChI is InChI=1S/C9H13F3N4O3/c1-19-6(4-8(17)18)5-16-7(13-14-15-16)2-3-9(10,11)12/h6H,2-5H2,1H3,(H,17,18). The first-order chi connectivity index (χ1) is 8.81. The zero-order chi connectivity index (χ0) is 14.5. The van der Waals surface area contributed by atoms with Gasteiger partial charge in [-0.3, -0.25) is 4.79 Å². The highest BCUT2D eigenvalue weighted by molar-refractivity contribution is 5.67. The lowest BCUT2D eigenvalue weighted by molar-refractivity contribution is -0.140. The number of tetrazole rings is 1. The highest BCUT2D eigenvalue weighted by atomic mass is 19.4. The molecule has 0 radical (unpaired) electrons. The van der Waals surface area contributed by atoms with E-state index in [1.165, 1.54) is 7.11 Å². The van der Waals surface area contributed by atoms with E-state index >= 15 is 0 Å². The molecule has 19 heavy (non-hydrogen) atoms. The molecule has 0 amide bonds. The lowest BCUT2D eigenvalue weighted by Gasteiger charge is -2.13. The molecular formula is C9H13F3N4O3. The Morgan fingerprint density at radius 2 is 2.21 bits per heavy atom. The first-order valence-electron chi connectivity index (χ1n) is 5.38. The van der Waals surface area contributed by atoms with Gasteiger partial charge in [0.25, 0.3) is 0 Å². The maximum Gasteiger partial charge on any atom is 0.389 e.